The number of rotatable bonds is 8. The molecule has 2 aromatic rings. The van der Waals surface area contributed by atoms with Crippen molar-refractivity contribution in [1.82, 2.24) is 0 Å². The number of hydrogen-bond acceptors (Lipinski definition) is 8. The van der Waals surface area contributed by atoms with Crippen LogP contribution >= 0.6 is 11.8 Å². The van der Waals surface area contributed by atoms with Gasteiger partial charge in [-0.3, -0.25) is 19.7 Å². The van der Waals surface area contributed by atoms with E-state index in [-0.39, 0.29) is 28.6 Å². The highest BCUT2D eigenvalue weighted by molar-refractivity contribution is 6.39. The lowest BCUT2D eigenvalue weighted by molar-refractivity contribution is -0.384. The highest BCUT2D eigenvalue weighted by Gasteiger charge is 2.32. The standard InChI is InChI=1S/C18H17ClN4O6/c1-11(24)16(21-20-12-7-4-5-8-13(12)23(26)27)18(25)22(19)17-14(28-2)9-6-10-15(17)29-3/h4-10,16H,1-3H3. The van der Waals surface area contributed by atoms with Crippen molar-refractivity contribution < 1.29 is 24.0 Å². The molecule has 0 saturated carbocycles. The average molecular weight is 421 g/mol. The van der Waals surface area contributed by atoms with E-state index in [0.717, 1.165) is 6.92 Å². The number of nitro groups is 1. The summed E-state index contributed by atoms with van der Waals surface area (Å²) < 4.78 is 11.1. The van der Waals surface area contributed by atoms with Crippen molar-refractivity contribution in [2.24, 2.45) is 10.2 Å². The van der Waals surface area contributed by atoms with Crippen molar-refractivity contribution >= 4 is 40.5 Å². The largest absolute Gasteiger partial charge is 0.494 e. The SMILES string of the molecule is COc1cccc(OC)c1N(Cl)C(=O)C(N=Nc1ccccc1[N+](=O)[O-])C(C)=O. The number of amides is 1. The third-order valence-corrected chi connectivity index (χ3v) is 4.11. The Morgan fingerprint density at radius 3 is 2.21 bits per heavy atom. The van der Waals surface area contributed by atoms with Gasteiger partial charge < -0.3 is 9.47 Å². The number of para-hydroxylation sites is 2. The zero-order chi connectivity index (χ0) is 21.6. The number of carbonyl (C=O) groups is 2. The van der Waals surface area contributed by atoms with Crippen LogP contribution in [0.4, 0.5) is 17.1 Å². The van der Waals surface area contributed by atoms with Gasteiger partial charge in [-0.2, -0.15) is 5.11 Å². The Morgan fingerprint density at radius 2 is 1.69 bits per heavy atom. The lowest BCUT2D eigenvalue weighted by atomic mass is 10.2. The molecule has 10 nitrogen and oxygen atoms in total. The van der Waals surface area contributed by atoms with Crippen LogP contribution in [0.3, 0.4) is 0 Å². The molecule has 0 aliphatic heterocycles. The van der Waals surface area contributed by atoms with Crippen molar-refractivity contribution in [2.45, 2.75) is 13.0 Å². The number of nitrogens with zero attached hydrogens (tertiary/aromatic N) is 4. The molecule has 0 N–H and O–H groups in total. The van der Waals surface area contributed by atoms with Gasteiger partial charge in [0, 0.05) is 17.8 Å². The van der Waals surface area contributed by atoms with Gasteiger partial charge in [-0.1, -0.05) is 18.2 Å². The Morgan fingerprint density at radius 1 is 1.10 bits per heavy atom. The Hall–Kier alpha value is -3.53. The molecule has 0 fully saturated rings. The second kappa shape index (κ2) is 9.60. The summed E-state index contributed by atoms with van der Waals surface area (Å²) in [4.78, 5) is 35.3. The number of hydrogen-bond donors (Lipinski definition) is 0. The fraction of sp³-hybridized carbons (Fsp3) is 0.222. The molecule has 0 radical (unpaired) electrons. The van der Waals surface area contributed by atoms with E-state index >= 15 is 0 Å². The highest BCUT2D eigenvalue weighted by atomic mass is 35.5. The van der Waals surface area contributed by atoms with Crippen LogP contribution in [0.25, 0.3) is 0 Å². The first kappa shape index (κ1) is 21.8. The summed E-state index contributed by atoms with van der Waals surface area (Å²) in [5, 5.41) is 18.5. The van der Waals surface area contributed by atoms with Crippen molar-refractivity contribution in [3.05, 3.63) is 52.6 Å². The highest BCUT2D eigenvalue weighted by Crippen LogP contribution is 2.39. The predicted octanol–water partition coefficient (Wildman–Crippen LogP) is 3.84. The van der Waals surface area contributed by atoms with Crippen LogP contribution in [0.2, 0.25) is 0 Å². The maximum atomic E-state index is 12.8. The molecule has 0 spiro atoms. The lowest BCUT2D eigenvalue weighted by Crippen LogP contribution is -2.36. The summed E-state index contributed by atoms with van der Waals surface area (Å²) in [6, 6.07) is 8.65. The van der Waals surface area contributed by atoms with Gasteiger partial charge in [0.1, 0.15) is 17.2 Å². The lowest BCUT2D eigenvalue weighted by Gasteiger charge is -2.21. The summed E-state index contributed by atoms with van der Waals surface area (Å²) in [6.07, 6.45) is 0. The summed E-state index contributed by atoms with van der Waals surface area (Å²) in [7, 11) is 2.76. The fourth-order valence-corrected chi connectivity index (χ4v) is 2.63. The molecule has 0 heterocycles. The second-order valence-electron chi connectivity index (χ2n) is 5.60. The van der Waals surface area contributed by atoms with E-state index in [1.165, 1.54) is 38.5 Å². The van der Waals surface area contributed by atoms with Crippen molar-refractivity contribution in [2.75, 3.05) is 18.6 Å². The monoisotopic (exact) mass is 420 g/mol. The van der Waals surface area contributed by atoms with Crippen molar-refractivity contribution in [1.29, 1.82) is 0 Å². The number of azo groups is 1. The fourth-order valence-electron chi connectivity index (χ4n) is 2.37. The quantitative estimate of drug-likeness (QED) is 0.210. The zero-order valence-corrected chi connectivity index (χ0v) is 16.5. The summed E-state index contributed by atoms with van der Waals surface area (Å²) in [5.74, 6) is -1.13. The number of carbonyl (C=O) groups excluding carboxylic acids is 2. The average Bonchev–Trinajstić information content (AvgIpc) is 2.72. The molecule has 29 heavy (non-hydrogen) atoms. The summed E-state index contributed by atoms with van der Waals surface area (Å²) >= 11 is 6.19. The van der Waals surface area contributed by atoms with E-state index in [1.807, 2.05) is 0 Å². The van der Waals surface area contributed by atoms with Crippen LogP contribution in [-0.4, -0.2) is 36.9 Å². The molecule has 1 atom stereocenters. The van der Waals surface area contributed by atoms with Crippen LogP contribution in [0.5, 0.6) is 11.5 Å². The minimum absolute atomic E-state index is 0.0799. The molecule has 2 rings (SSSR count). The number of methoxy groups -OCH3 is 2. The Bertz CT molecular complexity index is 943. The third kappa shape index (κ3) is 4.85. The zero-order valence-electron chi connectivity index (χ0n) is 15.7. The number of halogens is 1. The van der Waals surface area contributed by atoms with Gasteiger partial charge in [0.05, 0.1) is 19.1 Å². The molecule has 152 valence electrons. The van der Waals surface area contributed by atoms with Crippen LogP contribution in [0, 0.1) is 10.1 Å². The van der Waals surface area contributed by atoms with Crippen molar-refractivity contribution in [3.63, 3.8) is 0 Å². The van der Waals surface area contributed by atoms with E-state index in [9.17, 15) is 19.7 Å². The van der Waals surface area contributed by atoms with Crippen LogP contribution in [0.1, 0.15) is 6.92 Å². The number of benzene rings is 2. The first-order chi connectivity index (χ1) is 13.8. The predicted molar refractivity (Wildman–Crippen MR) is 105 cm³/mol. The van der Waals surface area contributed by atoms with Crippen molar-refractivity contribution in [3.8, 4) is 11.5 Å². The second-order valence-corrected chi connectivity index (χ2v) is 5.94. The molecule has 1 unspecified atom stereocenters. The normalized spacial score (nSPS) is 11.7. The van der Waals surface area contributed by atoms with Gasteiger partial charge in [0.2, 0.25) is 6.04 Å². The molecule has 0 aliphatic carbocycles. The summed E-state index contributed by atoms with van der Waals surface area (Å²) in [5.41, 5.74) is -0.344. The minimum Gasteiger partial charge on any atom is -0.494 e. The van der Waals surface area contributed by atoms with Crippen LogP contribution in [0.15, 0.2) is 52.7 Å². The molecule has 11 heteroatoms. The van der Waals surface area contributed by atoms with E-state index in [0.29, 0.717) is 4.42 Å². The minimum atomic E-state index is -1.62. The molecule has 0 aromatic heterocycles. The Labute approximate surface area is 171 Å². The summed E-state index contributed by atoms with van der Waals surface area (Å²) in [6.45, 7) is 1.13. The first-order valence-corrected chi connectivity index (χ1v) is 8.51. The van der Waals surface area contributed by atoms with E-state index < -0.39 is 22.7 Å². The maximum Gasteiger partial charge on any atom is 0.296 e. The molecule has 0 bridgehead atoms. The van der Waals surface area contributed by atoms with E-state index in [4.69, 9.17) is 21.3 Å². The van der Waals surface area contributed by atoms with Gasteiger partial charge in [0.25, 0.3) is 11.6 Å². The third-order valence-electron chi connectivity index (χ3n) is 3.77. The molecule has 0 aliphatic rings. The molecular weight excluding hydrogens is 404 g/mol. The topological polar surface area (TPSA) is 124 Å². The van der Waals surface area contributed by atoms with E-state index in [1.54, 1.807) is 18.2 Å². The van der Waals surface area contributed by atoms with Crippen LogP contribution in [-0.2, 0) is 9.59 Å². The molecule has 1 amide bonds. The Kier molecular flexibility index (Phi) is 7.21. The van der Waals surface area contributed by atoms with Gasteiger partial charge in [0.15, 0.2) is 11.5 Å². The number of Topliss-reactive ketones (excluding diaryl/α,β-unsaturated/α-hetero) is 1. The number of ether oxygens (including phenoxy) is 2. The van der Waals surface area contributed by atoms with Crippen LogP contribution < -0.4 is 13.9 Å². The number of nitro benzene ring substituents is 1. The number of ketones is 1. The van der Waals surface area contributed by atoms with Gasteiger partial charge in [-0.15, -0.1) is 5.11 Å². The maximum absolute atomic E-state index is 12.8. The molecular formula is C18H17ClN4O6. The van der Waals surface area contributed by atoms with Gasteiger partial charge in [-0.05, 0) is 25.1 Å². The van der Waals surface area contributed by atoms with E-state index in [2.05, 4.69) is 10.2 Å². The van der Waals surface area contributed by atoms with Gasteiger partial charge >= 0.3 is 0 Å². The number of anilines is 1. The Balaban J connectivity index is 2.41. The van der Waals surface area contributed by atoms with Gasteiger partial charge in [-0.25, -0.2) is 4.42 Å². The molecule has 0 saturated heterocycles. The molecule has 2 aromatic carbocycles. The smallest absolute Gasteiger partial charge is 0.296 e. The first-order valence-electron chi connectivity index (χ1n) is 8.17.